The molecule has 3 saturated carbocycles. The van der Waals surface area contributed by atoms with E-state index in [1.165, 1.54) is 38.5 Å². The van der Waals surface area contributed by atoms with E-state index in [4.69, 9.17) is 4.74 Å². The van der Waals surface area contributed by atoms with Gasteiger partial charge in [0.25, 0.3) is 0 Å². The van der Waals surface area contributed by atoms with E-state index in [9.17, 15) is 14.7 Å². The van der Waals surface area contributed by atoms with Crippen molar-refractivity contribution in [2.24, 2.45) is 45.3 Å². The van der Waals surface area contributed by atoms with Crippen LogP contribution in [-0.2, 0) is 14.3 Å². The molecule has 1 N–H and O–H groups in total. The molecule has 35 heavy (non-hydrogen) atoms. The van der Waals surface area contributed by atoms with Crippen molar-refractivity contribution in [3.8, 4) is 0 Å². The van der Waals surface area contributed by atoms with Gasteiger partial charge in [-0.05, 0) is 98.4 Å². The Labute approximate surface area is 212 Å². The number of hydrogen-bond acceptors (Lipinski definition) is 4. The molecule has 196 valence electrons. The number of ether oxygens (including phenoxy) is 1. The molecule has 0 amide bonds. The average Bonchev–Trinajstić information content (AvgIpc) is 3.06. The largest absolute Gasteiger partial charge is 0.455 e. The van der Waals surface area contributed by atoms with Crippen LogP contribution in [0.25, 0.3) is 0 Å². The highest BCUT2D eigenvalue weighted by Crippen LogP contribution is 2.75. The van der Waals surface area contributed by atoms with Gasteiger partial charge in [0.15, 0.2) is 0 Å². The van der Waals surface area contributed by atoms with Crippen molar-refractivity contribution < 1.29 is 19.4 Å². The number of carbonyl (C=O) groups is 2. The Hall–Kier alpha value is -1.16. The molecule has 0 aromatic rings. The van der Waals surface area contributed by atoms with Gasteiger partial charge in [0, 0.05) is 23.3 Å². The van der Waals surface area contributed by atoms with Gasteiger partial charge in [-0.1, -0.05) is 47.5 Å². The maximum Gasteiger partial charge on any atom is 0.335 e. The lowest BCUT2D eigenvalue weighted by Gasteiger charge is -2.70. The van der Waals surface area contributed by atoms with Gasteiger partial charge in [-0.3, -0.25) is 4.79 Å². The highest BCUT2D eigenvalue weighted by Gasteiger charge is 2.69. The molecule has 3 fully saturated rings. The maximum absolute atomic E-state index is 13.9. The number of fused-ring (bicyclic) bond motifs is 6. The number of hydrogen-bond donors (Lipinski definition) is 1. The summed E-state index contributed by atoms with van der Waals surface area (Å²) in [4.78, 5) is 27.2. The van der Waals surface area contributed by atoms with Crippen LogP contribution in [0.5, 0.6) is 0 Å². The fourth-order valence-corrected chi connectivity index (χ4v) is 11.0. The molecule has 5 rings (SSSR count). The predicted octanol–water partition coefficient (Wildman–Crippen LogP) is 6.64. The quantitative estimate of drug-likeness (QED) is 0.454. The number of cyclic esters (lactones) is 1. The topological polar surface area (TPSA) is 63.6 Å². The van der Waals surface area contributed by atoms with E-state index in [0.717, 1.165) is 30.4 Å². The summed E-state index contributed by atoms with van der Waals surface area (Å²) in [6.45, 7) is 15.9. The van der Waals surface area contributed by atoms with Crippen LogP contribution < -0.4 is 0 Å². The number of aliphatic hydroxyl groups is 1. The molecule has 0 radical (unpaired) electrons. The molecule has 10 atom stereocenters. The zero-order chi connectivity index (χ0) is 25.6. The number of Topliss-reactive ketones (excluding diaryl/α,β-unsaturated/α-hetero) is 1. The summed E-state index contributed by atoms with van der Waals surface area (Å²) < 4.78 is 5.77. The number of aliphatic hydroxyl groups excluding tert-OH is 1. The fourth-order valence-electron chi connectivity index (χ4n) is 11.0. The summed E-state index contributed by atoms with van der Waals surface area (Å²) in [5, 5.41) is 10.2. The molecular weight excluding hydrogens is 436 g/mol. The van der Waals surface area contributed by atoms with Crippen LogP contribution in [0, 0.1) is 45.3 Å². The molecule has 1 aliphatic heterocycles. The van der Waals surface area contributed by atoms with Gasteiger partial charge in [0.1, 0.15) is 11.9 Å². The average molecular weight is 485 g/mol. The van der Waals surface area contributed by atoms with Crippen LogP contribution in [0.4, 0.5) is 0 Å². The van der Waals surface area contributed by atoms with Crippen molar-refractivity contribution in [3.63, 3.8) is 0 Å². The van der Waals surface area contributed by atoms with Crippen LogP contribution >= 0.6 is 0 Å². The first-order valence-electron chi connectivity index (χ1n) is 14.5. The lowest BCUT2D eigenvalue weighted by atomic mass is 9.33. The molecule has 4 nitrogen and oxygen atoms in total. The molecule has 1 unspecified atom stereocenters. The van der Waals surface area contributed by atoms with Gasteiger partial charge in [0.05, 0.1) is 6.10 Å². The molecule has 0 bridgehead atoms. The summed E-state index contributed by atoms with van der Waals surface area (Å²) in [6, 6.07) is 0. The smallest absolute Gasteiger partial charge is 0.335 e. The third-order valence-electron chi connectivity index (χ3n) is 12.6. The van der Waals surface area contributed by atoms with Crippen molar-refractivity contribution in [2.75, 3.05) is 0 Å². The van der Waals surface area contributed by atoms with Crippen LogP contribution in [-0.4, -0.2) is 29.1 Å². The molecule has 4 aliphatic carbocycles. The third-order valence-corrected chi connectivity index (χ3v) is 12.6. The minimum Gasteiger partial charge on any atom is -0.455 e. The van der Waals surface area contributed by atoms with Crippen LogP contribution in [0.2, 0.25) is 0 Å². The van der Waals surface area contributed by atoms with Crippen molar-refractivity contribution in [3.05, 3.63) is 11.1 Å². The normalized spacial score (nSPS) is 49.9. The molecule has 0 saturated heterocycles. The summed E-state index contributed by atoms with van der Waals surface area (Å²) in [7, 11) is 0. The first kappa shape index (κ1) is 25.5. The predicted molar refractivity (Wildman–Crippen MR) is 137 cm³/mol. The Balaban J connectivity index is 1.65. The Morgan fingerprint density at radius 3 is 2.40 bits per heavy atom. The van der Waals surface area contributed by atoms with E-state index in [-0.39, 0.29) is 41.0 Å². The summed E-state index contributed by atoms with van der Waals surface area (Å²) >= 11 is 0. The summed E-state index contributed by atoms with van der Waals surface area (Å²) in [5.74, 6) is 1.19. The van der Waals surface area contributed by atoms with Crippen molar-refractivity contribution >= 4 is 11.8 Å². The Morgan fingerprint density at radius 2 is 1.74 bits per heavy atom. The van der Waals surface area contributed by atoms with Gasteiger partial charge in [-0.25, -0.2) is 4.79 Å². The van der Waals surface area contributed by atoms with E-state index >= 15 is 0 Å². The minimum absolute atomic E-state index is 0.109. The van der Waals surface area contributed by atoms with Crippen LogP contribution in [0.1, 0.15) is 113 Å². The van der Waals surface area contributed by atoms with Gasteiger partial charge < -0.3 is 9.84 Å². The molecular formula is C31H48O4. The molecule has 5 aliphatic rings. The fraction of sp³-hybridized carbons (Fsp3) is 0.871. The van der Waals surface area contributed by atoms with Crippen molar-refractivity contribution in [1.29, 1.82) is 0 Å². The highest BCUT2D eigenvalue weighted by atomic mass is 16.5. The zero-order valence-electron chi connectivity index (χ0n) is 23.2. The first-order valence-corrected chi connectivity index (χ1v) is 14.5. The van der Waals surface area contributed by atoms with Gasteiger partial charge in [0.2, 0.25) is 0 Å². The number of carbonyl (C=O) groups excluding carboxylic acids is 2. The number of esters is 1. The minimum atomic E-state index is -0.655. The van der Waals surface area contributed by atoms with Gasteiger partial charge in [-0.15, -0.1) is 0 Å². The Morgan fingerprint density at radius 1 is 1.06 bits per heavy atom. The van der Waals surface area contributed by atoms with E-state index in [1.54, 1.807) is 6.92 Å². The first-order chi connectivity index (χ1) is 16.3. The van der Waals surface area contributed by atoms with E-state index in [0.29, 0.717) is 23.2 Å². The van der Waals surface area contributed by atoms with Gasteiger partial charge >= 0.3 is 5.97 Å². The Bertz CT molecular complexity index is 950. The SMILES string of the molecule is CC[C@@]1(C)CCC[C@]2(C)[C@H]3C[C@H](C(=O)CC(C)O)[C@]4(C)C5=C(CC[C@H]4[C@]3(C)CC[C@@H]12)[C@H](C)OC5=O. The molecule has 4 heteroatoms. The highest BCUT2D eigenvalue weighted by molar-refractivity contribution is 5.96. The Kier molecular flexibility index (Phi) is 5.95. The summed E-state index contributed by atoms with van der Waals surface area (Å²) in [6.07, 6.45) is 9.67. The number of ketones is 1. The third kappa shape index (κ3) is 3.33. The summed E-state index contributed by atoms with van der Waals surface area (Å²) in [5.41, 5.74) is 2.18. The van der Waals surface area contributed by atoms with Gasteiger partial charge in [-0.2, -0.15) is 0 Å². The van der Waals surface area contributed by atoms with E-state index in [2.05, 4.69) is 34.6 Å². The van der Waals surface area contributed by atoms with Crippen molar-refractivity contribution in [2.45, 2.75) is 125 Å². The maximum atomic E-state index is 13.9. The lowest BCUT2D eigenvalue weighted by molar-refractivity contribution is -0.207. The zero-order valence-corrected chi connectivity index (χ0v) is 23.2. The molecule has 0 aromatic carbocycles. The molecule has 1 heterocycles. The lowest BCUT2D eigenvalue weighted by Crippen LogP contribution is -2.65. The second kappa shape index (κ2) is 8.17. The van der Waals surface area contributed by atoms with Crippen LogP contribution in [0.3, 0.4) is 0 Å². The second-order valence-electron chi connectivity index (χ2n) is 14.1. The van der Waals surface area contributed by atoms with Crippen LogP contribution in [0.15, 0.2) is 11.1 Å². The van der Waals surface area contributed by atoms with E-state index in [1.807, 2.05) is 6.92 Å². The standard InChI is InChI=1S/C31H48O4/c1-8-28(4)13-9-14-29(5)23(28)12-15-30(6)24-11-10-20-19(3)35-27(34)26(20)31(24,7)21(17-25(29)30)22(33)16-18(2)32/h18-19,21,23-25,32H,8-17H2,1-7H3/t18?,19-,21+,23-,24-,25+,28-,29-,30-,31-/m0/s1. The number of rotatable bonds is 4. The monoisotopic (exact) mass is 484 g/mol. The second-order valence-corrected chi connectivity index (χ2v) is 14.1. The van der Waals surface area contributed by atoms with Crippen molar-refractivity contribution in [1.82, 2.24) is 0 Å². The molecule has 0 spiro atoms. The van der Waals surface area contributed by atoms with E-state index < -0.39 is 11.5 Å². The molecule has 0 aromatic heterocycles.